The van der Waals surface area contributed by atoms with Crippen molar-refractivity contribution >= 4 is 43.1 Å². The summed E-state index contributed by atoms with van der Waals surface area (Å²) in [7, 11) is 5.25. The SMILES string of the molecule is CO[C@@H]1CC(COc2nc(N(C)[C@@H]3CCN[C@@H]3C)c3cc(C(F)(F)F)c(-c4ccc(F)c5sc(N)c(C#N)c45)c(F)c3n2)N(C)C1. The molecule has 15 heteroatoms. The second-order valence-corrected chi connectivity index (χ2v) is 12.8. The first-order valence-corrected chi connectivity index (χ1v) is 15.5. The van der Waals surface area contributed by atoms with Gasteiger partial charge in [-0.25, -0.2) is 8.78 Å². The van der Waals surface area contributed by atoms with Gasteiger partial charge in [0, 0.05) is 55.2 Å². The van der Waals surface area contributed by atoms with Crippen LogP contribution < -0.4 is 20.7 Å². The highest BCUT2D eigenvalue weighted by Crippen LogP contribution is 2.48. The molecular formula is C31H32F5N7O2S. The molecule has 3 N–H and O–H groups in total. The minimum Gasteiger partial charge on any atom is -0.462 e. The molecule has 2 aliphatic heterocycles. The minimum absolute atomic E-state index is 0.00644. The molecule has 2 fully saturated rings. The van der Waals surface area contributed by atoms with E-state index in [1.54, 1.807) is 19.1 Å². The van der Waals surface area contributed by atoms with Crippen molar-refractivity contribution in [3.05, 3.63) is 41.0 Å². The van der Waals surface area contributed by atoms with Crippen LogP contribution in [0.5, 0.6) is 6.01 Å². The number of nitrogens with zero attached hydrogens (tertiary/aromatic N) is 5. The molecule has 2 aromatic heterocycles. The van der Waals surface area contributed by atoms with Crippen molar-refractivity contribution in [1.29, 1.82) is 5.26 Å². The number of hydrogen-bond donors (Lipinski definition) is 2. The van der Waals surface area contributed by atoms with E-state index in [0.29, 0.717) is 37.3 Å². The standard InChI is InChI=1S/C31H32F5N7O2S/c1-14-22(7-8-39-14)43(3)29-18-10-20(31(34,35)36)24(17-5-6-21(32)27-23(17)19(11-37)28(38)46-27)25(33)26(18)40-30(41-29)45-13-15-9-16(44-4)12-42(15)2/h5-6,10,14-16,22,39H,7-9,12-13,38H2,1-4H3/t14-,15?,16-,22-/m1/s1. The van der Waals surface area contributed by atoms with Gasteiger partial charge < -0.3 is 25.4 Å². The maximum Gasteiger partial charge on any atom is 0.417 e. The lowest BCUT2D eigenvalue weighted by Crippen LogP contribution is -2.40. The molecule has 46 heavy (non-hydrogen) atoms. The quantitative estimate of drug-likeness (QED) is 0.247. The second-order valence-electron chi connectivity index (χ2n) is 11.8. The summed E-state index contributed by atoms with van der Waals surface area (Å²) in [5.74, 6) is -2.02. The first kappa shape index (κ1) is 32.1. The van der Waals surface area contributed by atoms with E-state index in [0.717, 1.165) is 18.2 Å². The Morgan fingerprint density at radius 1 is 1.26 bits per heavy atom. The van der Waals surface area contributed by atoms with Gasteiger partial charge in [0.05, 0.1) is 21.9 Å². The van der Waals surface area contributed by atoms with E-state index >= 15 is 4.39 Å². The molecule has 1 unspecified atom stereocenters. The van der Waals surface area contributed by atoms with Crippen LogP contribution >= 0.6 is 11.3 Å². The van der Waals surface area contributed by atoms with Crippen molar-refractivity contribution in [2.45, 2.75) is 50.2 Å². The number of halogens is 5. The zero-order valence-electron chi connectivity index (χ0n) is 25.5. The maximum atomic E-state index is 16.9. The summed E-state index contributed by atoms with van der Waals surface area (Å²) in [6, 6.07) is 4.19. The van der Waals surface area contributed by atoms with Crippen LogP contribution in [-0.4, -0.2) is 80.0 Å². The number of methoxy groups -OCH3 is 1. The molecule has 0 radical (unpaired) electrons. The fourth-order valence-corrected chi connectivity index (χ4v) is 7.57. The van der Waals surface area contributed by atoms with Crippen molar-refractivity contribution in [3.8, 4) is 23.2 Å². The summed E-state index contributed by atoms with van der Waals surface area (Å²) < 4.78 is 87.6. The Morgan fingerprint density at radius 3 is 2.65 bits per heavy atom. The topological polar surface area (TPSA) is 113 Å². The first-order valence-electron chi connectivity index (χ1n) is 14.7. The summed E-state index contributed by atoms with van der Waals surface area (Å²) in [6.07, 6.45) is -3.68. The lowest BCUT2D eigenvalue weighted by atomic mass is 9.92. The highest BCUT2D eigenvalue weighted by molar-refractivity contribution is 7.23. The largest absolute Gasteiger partial charge is 0.462 e. The van der Waals surface area contributed by atoms with E-state index in [4.69, 9.17) is 15.2 Å². The Hall–Kier alpha value is -3.84. The van der Waals surface area contributed by atoms with Gasteiger partial charge in [-0.15, -0.1) is 11.3 Å². The number of benzene rings is 2. The Morgan fingerprint density at radius 2 is 2.02 bits per heavy atom. The Balaban J connectivity index is 1.59. The zero-order valence-corrected chi connectivity index (χ0v) is 26.3. The lowest BCUT2D eigenvalue weighted by Gasteiger charge is -2.30. The molecule has 0 spiro atoms. The summed E-state index contributed by atoms with van der Waals surface area (Å²) >= 11 is 0.711. The second kappa shape index (κ2) is 12.1. The van der Waals surface area contributed by atoms with Crippen LogP contribution in [0.2, 0.25) is 0 Å². The molecule has 4 aromatic rings. The first-order chi connectivity index (χ1) is 21.8. The number of nitriles is 1. The Bertz CT molecular complexity index is 1860. The fourth-order valence-electron chi connectivity index (χ4n) is 6.62. The van der Waals surface area contributed by atoms with Gasteiger partial charge in [-0.3, -0.25) is 4.90 Å². The van der Waals surface area contributed by atoms with Crippen LogP contribution in [0.1, 0.15) is 30.9 Å². The minimum atomic E-state index is -5.04. The Kier molecular flexibility index (Phi) is 8.43. The number of fused-ring (bicyclic) bond motifs is 2. The summed E-state index contributed by atoms with van der Waals surface area (Å²) in [5, 5.41) is 12.6. The van der Waals surface area contributed by atoms with Crippen LogP contribution in [0, 0.1) is 23.0 Å². The normalized spacial score (nSPS) is 22.2. The molecule has 4 atom stereocenters. The molecule has 2 saturated heterocycles. The summed E-state index contributed by atoms with van der Waals surface area (Å²) in [4.78, 5) is 12.6. The van der Waals surface area contributed by atoms with Gasteiger partial charge in [-0.1, -0.05) is 6.07 Å². The molecule has 2 aromatic carbocycles. The third kappa shape index (κ3) is 5.46. The molecule has 244 valence electrons. The van der Waals surface area contributed by atoms with E-state index in [1.165, 1.54) is 0 Å². The number of rotatable bonds is 7. The maximum absolute atomic E-state index is 16.9. The monoisotopic (exact) mass is 661 g/mol. The average Bonchev–Trinajstić information content (AvgIpc) is 3.71. The van der Waals surface area contributed by atoms with E-state index in [2.05, 4.69) is 20.2 Å². The van der Waals surface area contributed by atoms with Crippen molar-refractivity contribution in [3.63, 3.8) is 0 Å². The van der Waals surface area contributed by atoms with Crippen molar-refractivity contribution < 1.29 is 31.4 Å². The van der Waals surface area contributed by atoms with Gasteiger partial charge in [0.25, 0.3) is 0 Å². The van der Waals surface area contributed by atoms with Crippen LogP contribution in [0.25, 0.3) is 32.1 Å². The molecule has 0 saturated carbocycles. The molecule has 4 heterocycles. The number of thiophene rings is 1. The third-order valence-electron chi connectivity index (χ3n) is 9.10. The van der Waals surface area contributed by atoms with Gasteiger partial charge in [-0.05, 0) is 51.1 Å². The number of anilines is 2. The van der Waals surface area contributed by atoms with Crippen molar-refractivity contribution in [2.75, 3.05) is 51.5 Å². The lowest BCUT2D eigenvalue weighted by molar-refractivity contribution is -0.137. The molecule has 2 aliphatic rings. The fraction of sp³-hybridized carbons (Fsp3) is 0.452. The number of hydrogen-bond acceptors (Lipinski definition) is 10. The van der Waals surface area contributed by atoms with Crippen LogP contribution in [-0.2, 0) is 10.9 Å². The van der Waals surface area contributed by atoms with Crippen LogP contribution in [0.3, 0.4) is 0 Å². The average molecular weight is 662 g/mol. The van der Waals surface area contributed by atoms with Gasteiger partial charge in [0.2, 0.25) is 0 Å². The zero-order chi connectivity index (χ0) is 33.1. The number of aromatic nitrogens is 2. The van der Waals surface area contributed by atoms with Gasteiger partial charge >= 0.3 is 12.2 Å². The molecule has 9 nitrogen and oxygen atoms in total. The number of likely N-dealkylation sites (tertiary alicyclic amines) is 1. The molecule has 0 bridgehead atoms. The van der Waals surface area contributed by atoms with Gasteiger partial charge in [-0.2, -0.15) is 28.4 Å². The number of alkyl halides is 3. The summed E-state index contributed by atoms with van der Waals surface area (Å²) in [5.41, 5.74) is 2.80. The molecule has 6 rings (SSSR count). The molecule has 0 aliphatic carbocycles. The predicted octanol–water partition coefficient (Wildman–Crippen LogP) is 5.55. The number of nitrogens with one attached hydrogen (secondary N) is 1. The number of likely N-dealkylation sites (N-methyl/N-ethyl adjacent to an activating group) is 2. The highest BCUT2D eigenvalue weighted by atomic mass is 32.1. The predicted molar refractivity (Wildman–Crippen MR) is 166 cm³/mol. The highest BCUT2D eigenvalue weighted by Gasteiger charge is 2.39. The van der Waals surface area contributed by atoms with Crippen LogP contribution in [0.15, 0.2) is 18.2 Å². The Labute approximate surface area is 265 Å². The van der Waals surface area contributed by atoms with Crippen molar-refractivity contribution in [2.24, 2.45) is 0 Å². The van der Waals surface area contributed by atoms with E-state index in [1.807, 2.05) is 20.0 Å². The molecular weight excluding hydrogens is 629 g/mol. The van der Waals surface area contributed by atoms with Gasteiger partial charge in [0.15, 0.2) is 5.82 Å². The van der Waals surface area contributed by atoms with Gasteiger partial charge in [0.1, 0.15) is 34.8 Å². The van der Waals surface area contributed by atoms with E-state index in [9.17, 15) is 22.8 Å². The number of nitrogen functional groups attached to an aromatic ring is 1. The van der Waals surface area contributed by atoms with Crippen LogP contribution in [0.4, 0.5) is 32.8 Å². The molecule has 0 amide bonds. The number of ether oxygens (including phenoxy) is 2. The summed E-state index contributed by atoms with van der Waals surface area (Å²) in [6.45, 7) is 3.47. The smallest absolute Gasteiger partial charge is 0.417 e. The van der Waals surface area contributed by atoms with Crippen molar-refractivity contribution in [1.82, 2.24) is 20.2 Å². The third-order valence-corrected chi connectivity index (χ3v) is 10.1. The number of nitrogens with two attached hydrogens (primary N) is 1. The van der Waals surface area contributed by atoms with E-state index in [-0.39, 0.29) is 74.3 Å². The van der Waals surface area contributed by atoms with E-state index < -0.39 is 34.5 Å².